The third-order valence-corrected chi connectivity index (χ3v) is 4.32. The second-order valence-electron chi connectivity index (χ2n) is 5.89. The van der Waals surface area contributed by atoms with Crippen LogP contribution in [-0.4, -0.2) is 40.6 Å². The summed E-state index contributed by atoms with van der Waals surface area (Å²) in [7, 11) is 2.08. The number of imidazole rings is 1. The molecule has 2 aromatic rings. The van der Waals surface area contributed by atoms with Crippen LogP contribution in [-0.2, 0) is 13.5 Å². The van der Waals surface area contributed by atoms with Gasteiger partial charge in [-0.1, -0.05) is 29.8 Å². The molecule has 1 aromatic heterocycles. The minimum atomic E-state index is 0. The number of hydrogen-bond donors (Lipinski definition) is 1. The Morgan fingerprint density at radius 1 is 1.27 bits per heavy atom. The Kier molecular flexibility index (Phi) is 6.00. The van der Waals surface area contributed by atoms with Crippen molar-refractivity contribution >= 4 is 12.4 Å². The predicted molar refractivity (Wildman–Crippen MR) is 92.5 cm³/mol. The lowest BCUT2D eigenvalue weighted by molar-refractivity contribution is 0.155. The van der Waals surface area contributed by atoms with Crippen LogP contribution >= 0.6 is 12.4 Å². The molecule has 22 heavy (non-hydrogen) atoms. The van der Waals surface area contributed by atoms with E-state index in [1.165, 1.54) is 11.1 Å². The van der Waals surface area contributed by atoms with E-state index in [0.717, 1.165) is 38.4 Å². The zero-order valence-electron chi connectivity index (χ0n) is 13.3. The van der Waals surface area contributed by atoms with Crippen molar-refractivity contribution in [1.29, 1.82) is 0 Å². The Morgan fingerprint density at radius 3 is 2.73 bits per heavy atom. The van der Waals surface area contributed by atoms with Gasteiger partial charge in [-0.2, -0.15) is 0 Å². The first kappa shape index (κ1) is 17.0. The Labute approximate surface area is 139 Å². The van der Waals surface area contributed by atoms with Gasteiger partial charge in [0.15, 0.2) is 0 Å². The molecule has 0 radical (unpaired) electrons. The summed E-state index contributed by atoms with van der Waals surface area (Å²) < 4.78 is 2.14. The second kappa shape index (κ2) is 7.77. The molecule has 2 heterocycles. The van der Waals surface area contributed by atoms with Gasteiger partial charge >= 0.3 is 0 Å². The zero-order valence-corrected chi connectivity index (χ0v) is 14.1. The van der Waals surface area contributed by atoms with E-state index < -0.39 is 0 Å². The van der Waals surface area contributed by atoms with Crippen LogP contribution in [0, 0.1) is 6.92 Å². The van der Waals surface area contributed by atoms with Crippen LogP contribution in [0.25, 0.3) is 0 Å². The fraction of sp³-hybridized carbons (Fsp3) is 0.471. The van der Waals surface area contributed by atoms with Crippen molar-refractivity contribution in [2.75, 3.05) is 26.2 Å². The van der Waals surface area contributed by atoms with Gasteiger partial charge in [-0.05, 0) is 18.9 Å². The van der Waals surface area contributed by atoms with Gasteiger partial charge in [0.1, 0.15) is 5.82 Å². The Morgan fingerprint density at radius 2 is 2.05 bits per heavy atom. The predicted octanol–water partition coefficient (Wildman–Crippen LogP) is 2.34. The van der Waals surface area contributed by atoms with E-state index in [4.69, 9.17) is 0 Å². The molecule has 1 atom stereocenters. The topological polar surface area (TPSA) is 33.1 Å². The molecule has 4 nitrogen and oxygen atoms in total. The van der Waals surface area contributed by atoms with Crippen LogP contribution in [0.2, 0.25) is 0 Å². The molecule has 5 heteroatoms. The summed E-state index contributed by atoms with van der Waals surface area (Å²) in [4.78, 5) is 7.09. The maximum atomic E-state index is 4.54. The number of rotatable bonds is 4. The Bertz CT molecular complexity index is 579. The Balaban J connectivity index is 0.00000176. The standard InChI is InChI=1S/C17H24N4.ClH/c1-14-3-5-15(6-4-14)7-10-21-12-8-18-13-16(21)17-19-9-11-20(17)2;/h3-6,9,11,16,18H,7-8,10,12-13H2,1-2H3;1H. The van der Waals surface area contributed by atoms with Gasteiger partial charge in [-0.25, -0.2) is 4.98 Å². The molecule has 1 N–H and O–H groups in total. The van der Waals surface area contributed by atoms with Crippen molar-refractivity contribution in [2.45, 2.75) is 19.4 Å². The van der Waals surface area contributed by atoms with Gasteiger partial charge in [0.05, 0.1) is 6.04 Å². The molecule has 1 aliphatic heterocycles. The number of nitrogens with one attached hydrogen (secondary N) is 1. The second-order valence-corrected chi connectivity index (χ2v) is 5.89. The highest BCUT2D eigenvalue weighted by atomic mass is 35.5. The van der Waals surface area contributed by atoms with E-state index in [1.54, 1.807) is 0 Å². The van der Waals surface area contributed by atoms with Crippen molar-refractivity contribution in [3.63, 3.8) is 0 Å². The van der Waals surface area contributed by atoms with Crippen LogP contribution in [0.4, 0.5) is 0 Å². The first-order chi connectivity index (χ1) is 10.2. The van der Waals surface area contributed by atoms with Gasteiger partial charge in [-0.15, -0.1) is 12.4 Å². The maximum absolute atomic E-state index is 4.54. The van der Waals surface area contributed by atoms with Crippen LogP contribution in [0.3, 0.4) is 0 Å². The lowest BCUT2D eigenvalue weighted by Gasteiger charge is -2.35. The molecule has 0 bridgehead atoms. The van der Waals surface area contributed by atoms with E-state index in [9.17, 15) is 0 Å². The van der Waals surface area contributed by atoms with Gasteiger partial charge < -0.3 is 9.88 Å². The summed E-state index contributed by atoms with van der Waals surface area (Å²) in [6.07, 6.45) is 5.02. The quantitative estimate of drug-likeness (QED) is 0.938. The molecule has 1 aromatic carbocycles. The number of aryl methyl sites for hydroxylation is 2. The SMILES string of the molecule is Cc1ccc(CCN2CCNCC2c2nccn2C)cc1.Cl. The van der Waals surface area contributed by atoms with Crippen LogP contribution < -0.4 is 5.32 Å². The smallest absolute Gasteiger partial charge is 0.127 e. The highest BCUT2D eigenvalue weighted by Gasteiger charge is 2.26. The summed E-state index contributed by atoms with van der Waals surface area (Å²) >= 11 is 0. The monoisotopic (exact) mass is 320 g/mol. The van der Waals surface area contributed by atoms with E-state index in [-0.39, 0.29) is 12.4 Å². The average molecular weight is 321 g/mol. The lowest BCUT2D eigenvalue weighted by Crippen LogP contribution is -2.47. The molecule has 1 saturated heterocycles. The molecule has 1 aliphatic rings. The van der Waals surface area contributed by atoms with Gasteiger partial charge in [-0.3, -0.25) is 4.90 Å². The fourth-order valence-corrected chi connectivity index (χ4v) is 2.99. The summed E-state index contributed by atoms with van der Waals surface area (Å²) in [5.41, 5.74) is 2.74. The summed E-state index contributed by atoms with van der Waals surface area (Å²) in [5, 5.41) is 3.49. The van der Waals surface area contributed by atoms with Crippen molar-refractivity contribution in [3.8, 4) is 0 Å². The third-order valence-electron chi connectivity index (χ3n) is 4.32. The van der Waals surface area contributed by atoms with E-state index in [2.05, 4.69) is 58.0 Å². The largest absolute Gasteiger partial charge is 0.337 e. The maximum Gasteiger partial charge on any atom is 0.127 e. The highest BCUT2D eigenvalue weighted by molar-refractivity contribution is 5.85. The number of nitrogens with zero attached hydrogens (tertiary/aromatic N) is 3. The van der Waals surface area contributed by atoms with Crippen LogP contribution in [0.1, 0.15) is 23.0 Å². The van der Waals surface area contributed by atoms with Gasteiger partial charge in [0.25, 0.3) is 0 Å². The van der Waals surface area contributed by atoms with Crippen molar-refractivity contribution in [1.82, 2.24) is 19.8 Å². The van der Waals surface area contributed by atoms with Crippen molar-refractivity contribution in [3.05, 3.63) is 53.6 Å². The van der Waals surface area contributed by atoms with Crippen LogP contribution in [0.5, 0.6) is 0 Å². The summed E-state index contributed by atoms with van der Waals surface area (Å²) in [6, 6.07) is 9.26. The molecule has 3 rings (SSSR count). The van der Waals surface area contributed by atoms with E-state index >= 15 is 0 Å². The van der Waals surface area contributed by atoms with Crippen molar-refractivity contribution in [2.24, 2.45) is 7.05 Å². The summed E-state index contributed by atoms with van der Waals surface area (Å²) in [5.74, 6) is 1.16. The lowest BCUT2D eigenvalue weighted by atomic mass is 10.1. The number of piperazine rings is 1. The first-order valence-corrected chi connectivity index (χ1v) is 7.71. The summed E-state index contributed by atoms with van der Waals surface area (Å²) in [6.45, 7) is 6.36. The Hall–Kier alpha value is -1.36. The van der Waals surface area contributed by atoms with E-state index in [1.807, 2.05) is 12.4 Å². The normalized spacial score (nSPS) is 18.9. The minimum absolute atomic E-state index is 0. The number of hydrogen-bond acceptors (Lipinski definition) is 3. The third kappa shape index (κ3) is 3.88. The fourth-order valence-electron chi connectivity index (χ4n) is 2.99. The van der Waals surface area contributed by atoms with Crippen molar-refractivity contribution < 1.29 is 0 Å². The highest BCUT2D eigenvalue weighted by Crippen LogP contribution is 2.20. The molecular formula is C17H25ClN4. The molecule has 0 spiro atoms. The zero-order chi connectivity index (χ0) is 14.7. The minimum Gasteiger partial charge on any atom is -0.337 e. The number of benzene rings is 1. The number of halogens is 1. The molecule has 120 valence electrons. The number of aromatic nitrogens is 2. The molecule has 0 amide bonds. The first-order valence-electron chi connectivity index (χ1n) is 7.71. The molecule has 0 saturated carbocycles. The molecular weight excluding hydrogens is 296 g/mol. The van der Waals surface area contributed by atoms with Gasteiger partial charge in [0.2, 0.25) is 0 Å². The average Bonchev–Trinajstić information content (AvgIpc) is 2.93. The molecule has 1 unspecified atom stereocenters. The molecule has 1 fully saturated rings. The van der Waals surface area contributed by atoms with Gasteiger partial charge in [0, 0.05) is 45.6 Å². The molecule has 0 aliphatic carbocycles. The van der Waals surface area contributed by atoms with E-state index in [0.29, 0.717) is 6.04 Å². The van der Waals surface area contributed by atoms with Crippen LogP contribution in [0.15, 0.2) is 36.7 Å².